The maximum absolute atomic E-state index is 13.9. The van der Waals surface area contributed by atoms with E-state index in [1.807, 2.05) is 74.5 Å². The van der Waals surface area contributed by atoms with Crippen LogP contribution in [-0.4, -0.2) is 41.0 Å². The molecule has 38 heavy (non-hydrogen) atoms. The van der Waals surface area contributed by atoms with Crippen LogP contribution in [0.2, 0.25) is 0 Å². The van der Waals surface area contributed by atoms with Crippen LogP contribution < -0.4 is 10.6 Å². The van der Waals surface area contributed by atoms with E-state index >= 15 is 0 Å². The topological polar surface area (TPSA) is 87.7 Å². The highest BCUT2D eigenvalue weighted by molar-refractivity contribution is 6.00. The van der Waals surface area contributed by atoms with Gasteiger partial charge in [-0.15, -0.1) is 6.58 Å². The quantitative estimate of drug-likeness (QED) is 0.357. The first-order chi connectivity index (χ1) is 17.9. The summed E-state index contributed by atoms with van der Waals surface area (Å²) in [6.45, 7) is 14.6. The highest BCUT2D eigenvalue weighted by atomic mass is 16.6. The Kier molecular flexibility index (Phi) is 8.94. The van der Waals surface area contributed by atoms with E-state index in [0.29, 0.717) is 11.3 Å². The molecule has 0 heterocycles. The number of fused-ring (bicyclic) bond motifs is 1. The lowest BCUT2D eigenvalue weighted by Gasteiger charge is -2.34. The predicted octanol–water partition coefficient (Wildman–Crippen LogP) is 6.06. The smallest absolute Gasteiger partial charge is 0.408 e. The molecule has 0 saturated heterocycles. The number of aryl methyl sites for hydroxylation is 1. The Morgan fingerprint density at radius 3 is 2.34 bits per heavy atom. The minimum atomic E-state index is -0.963. The molecule has 0 fully saturated rings. The minimum absolute atomic E-state index is 0.0996. The SMILES string of the molecule is C=CCN(C(=O)C(C)NC(=O)OC(C)(C)C)C(C(=O)Nc1ccc2ccccc2c1)c1cccc(C)c1C. The average Bonchev–Trinajstić information content (AvgIpc) is 2.84. The summed E-state index contributed by atoms with van der Waals surface area (Å²) in [5.41, 5.74) is 2.50. The van der Waals surface area contributed by atoms with E-state index in [9.17, 15) is 14.4 Å². The molecule has 7 heteroatoms. The first-order valence-electron chi connectivity index (χ1n) is 12.7. The molecule has 3 aromatic carbocycles. The van der Waals surface area contributed by atoms with Crippen LogP contribution in [0.5, 0.6) is 0 Å². The van der Waals surface area contributed by atoms with E-state index in [4.69, 9.17) is 4.74 Å². The second-order valence-electron chi connectivity index (χ2n) is 10.4. The van der Waals surface area contributed by atoms with Crippen LogP contribution in [0, 0.1) is 13.8 Å². The van der Waals surface area contributed by atoms with E-state index in [1.165, 1.54) is 4.90 Å². The van der Waals surface area contributed by atoms with E-state index < -0.39 is 29.7 Å². The molecule has 7 nitrogen and oxygen atoms in total. The lowest BCUT2D eigenvalue weighted by molar-refractivity contribution is -0.139. The first-order valence-corrected chi connectivity index (χ1v) is 12.7. The van der Waals surface area contributed by atoms with Crippen LogP contribution in [0.15, 0.2) is 73.3 Å². The van der Waals surface area contributed by atoms with Crippen molar-refractivity contribution in [3.8, 4) is 0 Å². The highest BCUT2D eigenvalue weighted by Gasteiger charge is 2.35. The van der Waals surface area contributed by atoms with Gasteiger partial charge < -0.3 is 20.3 Å². The summed E-state index contributed by atoms with van der Waals surface area (Å²) in [5, 5.41) is 7.65. The largest absolute Gasteiger partial charge is 0.444 e. The normalized spacial score (nSPS) is 12.8. The average molecular weight is 516 g/mol. The van der Waals surface area contributed by atoms with Crippen molar-refractivity contribution < 1.29 is 19.1 Å². The minimum Gasteiger partial charge on any atom is -0.444 e. The van der Waals surface area contributed by atoms with Gasteiger partial charge in [0, 0.05) is 12.2 Å². The van der Waals surface area contributed by atoms with Crippen molar-refractivity contribution in [2.75, 3.05) is 11.9 Å². The Labute approximate surface area is 224 Å². The number of nitrogens with zero attached hydrogens (tertiary/aromatic N) is 1. The number of benzene rings is 3. The maximum Gasteiger partial charge on any atom is 0.408 e. The molecular weight excluding hydrogens is 478 g/mol. The second-order valence-corrected chi connectivity index (χ2v) is 10.4. The molecular formula is C31H37N3O4. The number of hydrogen-bond acceptors (Lipinski definition) is 4. The predicted molar refractivity (Wildman–Crippen MR) is 152 cm³/mol. The van der Waals surface area contributed by atoms with Gasteiger partial charge in [0.15, 0.2) is 0 Å². The van der Waals surface area contributed by atoms with Gasteiger partial charge in [-0.1, -0.05) is 54.6 Å². The Morgan fingerprint density at radius 2 is 1.68 bits per heavy atom. The number of carbonyl (C=O) groups excluding carboxylic acids is 3. The molecule has 0 aliphatic rings. The van der Waals surface area contributed by atoms with Gasteiger partial charge in [-0.05, 0) is 81.1 Å². The van der Waals surface area contributed by atoms with Gasteiger partial charge >= 0.3 is 6.09 Å². The molecule has 2 unspecified atom stereocenters. The Hall–Kier alpha value is -4.13. The fraction of sp³-hybridized carbons (Fsp3) is 0.323. The molecule has 3 amide bonds. The van der Waals surface area contributed by atoms with Gasteiger partial charge in [-0.2, -0.15) is 0 Å². The molecule has 3 aromatic rings. The van der Waals surface area contributed by atoms with Crippen molar-refractivity contribution in [3.63, 3.8) is 0 Å². The van der Waals surface area contributed by atoms with E-state index in [-0.39, 0.29) is 12.5 Å². The zero-order valence-corrected chi connectivity index (χ0v) is 23.0. The van der Waals surface area contributed by atoms with Gasteiger partial charge in [0.05, 0.1) is 0 Å². The van der Waals surface area contributed by atoms with Gasteiger partial charge in [-0.3, -0.25) is 9.59 Å². The molecule has 3 rings (SSSR count). The zero-order chi connectivity index (χ0) is 28.0. The van der Waals surface area contributed by atoms with E-state index in [1.54, 1.807) is 33.8 Å². The molecule has 0 radical (unpaired) electrons. The van der Waals surface area contributed by atoms with Gasteiger partial charge in [0.25, 0.3) is 5.91 Å². The number of amides is 3. The lowest BCUT2D eigenvalue weighted by atomic mass is 9.95. The zero-order valence-electron chi connectivity index (χ0n) is 23.0. The summed E-state index contributed by atoms with van der Waals surface area (Å²) < 4.78 is 5.32. The fourth-order valence-corrected chi connectivity index (χ4v) is 4.25. The molecule has 2 N–H and O–H groups in total. The number of hydrogen-bond donors (Lipinski definition) is 2. The molecule has 0 aromatic heterocycles. The van der Waals surface area contributed by atoms with Crippen LogP contribution in [-0.2, 0) is 14.3 Å². The van der Waals surface area contributed by atoms with Crippen LogP contribution in [0.3, 0.4) is 0 Å². The van der Waals surface area contributed by atoms with Gasteiger partial charge in [0.2, 0.25) is 5.91 Å². The molecule has 200 valence electrons. The van der Waals surface area contributed by atoms with Crippen molar-refractivity contribution in [2.24, 2.45) is 0 Å². The molecule has 0 aliphatic carbocycles. The van der Waals surface area contributed by atoms with Crippen molar-refractivity contribution in [2.45, 2.75) is 59.2 Å². The highest BCUT2D eigenvalue weighted by Crippen LogP contribution is 2.29. The summed E-state index contributed by atoms with van der Waals surface area (Å²) in [4.78, 5) is 41.4. The van der Waals surface area contributed by atoms with Crippen LogP contribution in [0.4, 0.5) is 10.5 Å². The van der Waals surface area contributed by atoms with Crippen LogP contribution in [0.1, 0.15) is 50.4 Å². The number of carbonyl (C=O) groups is 3. The van der Waals surface area contributed by atoms with Gasteiger partial charge in [0.1, 0.15) is 17.7 Å². The summed E-state index contributed by atoms with van der Waals surface area (Å²) >= 11 is 0. The molecule has 2 atom stereocenters. The standard InChI is InChI=1S/C31H37N3O4/c1-8-18-34(29(36)22(4)32-30(37)38-31(5,6)7)27(26-15-11-12-20(2)21(26)3)28(35)33-25-17-16-23-13-9-10-14-24(23)19-25/h8-17,19,22,27H,1,18H2,2-7H3,(H,32,37)(H,33,35). The number of nitrogens with one attached hydrogen (secondary N) is 2. The Morgan fingerprint density at radius 1 is 1.00 bits per heavy atom. The maximum atomic E-state index is 13.9. The van der Waals surface area contributed by atoms with Crippen LogP contribution in [0.25, 0.3) is 10.8 Å². The van der Waals surface area contributed by atoms with E-state index in [0.717, 1.165) is 21.9 Å². The monoisotopic (exact) mass is 515 g/mol. The fourth-order valence-electron chi connectivity index (χ4n) is 4.25. The van der Waals surface area contributed by atoms with E-state index in [2.05, 4.69) is 17.2 Å². The second kappa shape index (κ2) is 11.9. The Bertz CT molecular complexity index is 1340. The summed E-state index contributed by atoms with van der Waals surface area (Å²) in [5.74, 6) is -0.802. The number of anilines is 1. The number of ether oxygens (including phenoxy) is 1. The molecule has 0 aliphatic heterocycles. The molecule has 0 spiro atoms. The number of rotatable bonds is 8. The third-order valence-corrected chi connectivity index (χ3v) is 6.23. The third-order valence-electron chi connectivity index (χ3n) is 6.23. The van der Waals surface area contributed by atoms with Gasteiger partial charge in [-0.25, -0.2) is 4.79 Å². The lowest BCUT2D eigenvalue weighted by Crippen LogP contribution is -2.51. The summed E-state index contributed by atoms with van der Waals surface area (Å²) in [6, 6.07) is 17.3. The number of alkyl carbamates (subject to hydrolysis) is 1. The first kappa shape index (κ1) is 28.4. The third kappa shape index (κ3) is 7.00. The Balaban J connectivity index is 1.98. The van der Waals surface area contributed by atoms with Crippen molar-refractivity contribution in [1.29, 1.82) is 0 Å². The van der Waals surface area contributed by atoms with Crippen LogP contribution >= 0.6 is 0 Å². The van der Waals surface area contributed by atoms with Crippen molar-refractivity contribution >= 4 is 34.4 Å². The van der Waals surface area contributed by atoms with Crippen molar-refractivity contribution in [1.82, 2.24) is 10.2 Å². The summed E-state index contributed by atoms with van der Waals surface area (Å²) in [7, 11) is 0. The molecule has 0 bridgehead atoms. The van der Waals surface area contributed by atoms with Crippen molar-refractivity contribution in [3.05, 3.63) is 90.0 Å². The molecule has 0 saturated carbocycles. The summed E-state index contributed by atoms with van der Waals surface area (Å²) in [6.07, 6.45) is 0.861.